The molecule has 0 fully saturated rings. The minimum absolute atomic E-state index is 0.166. The van der Waals surface area contributed by atoms with Crippen LogP contribution in [0.4, 0.5) is 0 Å². The van der Waals surface area contributed by atoms with Crippen LogP contribution in [-0.4, -0.2) is 29.4 Å². The molecule has 124 valence electrons. The molecule has 0 saturated heterocycles. The number of hydrogen-bond acceptors (Lipinski definition) is 4. The SMILES string of the molecule is COC(=O)C(O)Cc1cc(C(C)(C)C)c(O)c(C(C)(C)C)c1. The average Bonchev–Trinajstić information content (AvgIpc) is 2.36. The smallest absolute Gasteiger partial charge is 0.335 e. The Morgan fingerprint density at radius 1 is 1.09 bits per heavy atom. The lowest BCUT2D eigenvalue weighted by atomic mass is 9.78. The highest BCUT2D eigenvalue weighted by molar-refractivity contribution is 5.74. The Bertz CT molecular complexity index is 512. The maximum atomic E-state index is 11.4. The number of phenolic OH excluding ortho intramolecular Hbond substituents is 1. The first-order chi connectivity index (χ1) is 9.87. The molecule has 2 N–H and O–H groups in total. The zero-order chi connectivity index (χ0) is 17.3. The monoisotopic (exact) mass is 308 g/mol. The highest BCUT2D eigenvalue weighted by Gasteiger charge is 2.27. The summed E-state index contributed by atoms with van der Waals surface area (Å²) in [7, 11) is 1.25. The summed E-state index contributed by atoms with van der Waals surface area (Å²) in [5.41, 5.74) is 1.96. The van der Waals surface area contributed by atoms with Crippen LogP contribution in [0, 0.1) is 0 Å². The van der Waals surface area contributed by atoms with Crippen molar-refractivity contribution < 1.29 is 19.7 Å². The lowest BCUT2D eigenvalue weighted by molar-refractivity contribution is -0.150. The zero-order valence-electron chi connectivity index (χ0n) is 14.7. The summed E-state index contributed by atoms with van der Waals surface area (Å²) < 4.78 is 4.56. The molecule has 0 spiro atoms. The average molecular weight is 308 g/mol. The Morgan fingerprint density at radius 3 is 1.82 bits per heavy atom. The molecule has 0 aromatic heterocycles. The second kappa shape index (κ2) is 6.29. The second-order valence-electron chi connectivity index (χ2n) is 7.78. The number of rotatable bonds is 3. The van der Waals surface area contributed by atoms with E-state index in [1.54, 1.807) is 0 Å². The van der Waals surface area contributed by atoms with Crippen LogP contribution in [0.1, 0.15) is 58.2 Å². The van der Waals surface area contributed by atoms with Gasteiger partial charge < -0.3 is 14.9 Å². The Balaban J connectivity index is 3.39. The predicted octanol–water partition coefficient (Wildman–Crippen LogP) is 3.06. The van der Waals surface area contributed by atoms with Crippen molar-refractivity contribution in [3.63, 3.8) is 0 Å². The van der Waals surface area contributed by atoms with Gasteiger partial charge in [0, 0.05) is 6.42 Å². The zero-order valence-corrected chi connectivity index (χ0v) is 14.7. The number of methoxy groups -OCH3 is 1. The van der Waals surface area contributed by atoms with Gasteiger partial charge in [0.15, 0.2) is 6.10 Å². The van der Waals surface area contributed by atoms with Crippen LogP contribution in [-0.2, 0) is 26.8 Å². The van der Waals surface area contributed by atoms with Crippen molar-refractivity contribution in [2.24, 2.45) is 0 Å². The van der Waals surface area contributed by atoms with Crippen molar-refractivity contribution in [2.45, 2.75) is 64.9 Å². The Hall–Kier alpha value is -1.55. The molecule has 1 atom stereocenters. The fraction of sp³-hybridized carbons (Fsp3) is 0.611. The maximum absolute atomic E-state index is 11.4. The van der Waals surface area contributed by atoms with Gasteiger partial charge in [0.25, 0.3) is 0 Å². The highest BCUT2D eigenvalue weighted by Crippen LogP contribution is 2.39. The molecule has 0 aliphatic heterocycles. The number of aliphatic hydroxyl groups excluding tert-OH is 1. The summed E-state index contributed by atoms with van der Waals surface area (Å²) in [6.45, 7) is 12.1. The number of aliphatic hydroxyl groups is 1. The molecule has 0 amide bonds. The topological polar surface area (TPSA) is 66.8 Å². The van der Waals surface area contributed by atoms with Gasteiger partial charge in [-0.05, 0) is 27.5 Å². The number of carbonyl (C=O) groups is 1. The van der Waals surface area contributed by atoms with Crippen molar-refractivity contribution in [3.05, 3.63) is 28.8 Å². The van der Waals surface area contributed by atoms with Crippen molar-refractivity contribution in [1.29, 1.82) is 0 Å². The highest BCUT2D eigenvalue weighted by atomic mass is 16.5. The molecule has 0 aliphatic carbocycles. The third-order valence-corrected chi connectivity index (χ3v) is 3.69. The Kier molecular flexibility index (Phi) is 5.29. The summed E-state index contributed by atoms with van der Waals surface area (Å²) >= 11 is 0. The van der Waals surface area contributed by atoms with E-state index in [1.807, 2.05) is 53.7 Å². The molecule has 0 saturated carbocycles. The molecule has 1 aromatic rings. The minimum Gasteiger partial charge on any atom is -0.507 e. The number of aromatic hydroxyl groups is 1. The first kappa shape index (κ1) is 18.5. The van der Waals surface area contributed by atoms with Crippen LogP contribution in [0.3, 0.4) is 0 Å². The van der Waals surface area contributed by atoms with E-state index in [-0.39, 0.29) is 23.0 Å². The van der Waals surface area contributed by atoms with Gasteiger partial charge in [0.1, 0.15) is 5.75 Å². The van der Waals surface area contributed by atoms with Crippen molar-refractivity contribution in [2.75, 3.05) is 7.11 Å². The second-order valence-corrected chi connectivity index (χ2v) is 7.78. The molecular formula is C18H28O4. The van der Waals surface area contributed by atoms with Crippen LogP contribution in [0.15, 0.2) is 12.1 Å². The quantitative estimate of drug-likeness (QED) is 0.842. The van der Waals surface area contributed by atoms with E-state index in [9.17, 15) is 15.0 Å². The fourth-order valence-electron chi connectivity index (χ4n) is 2.40. The van der Waals surface area contributed by atoms with Crippen LogP contribution in [0.25, 0.3) is 0 Å². The van der Waals surface area contributed by atoms with E-state index in [2.05, 4.69) is 4.74 Å². The molecule has 0 radical (unpaired) electrons. The van der Waals surface area contributed by atoms with Gasteiger partial charge in [-0.15, -0.1) is 0 Å². The van der Waals surface area contributed by atoms with Gasteiger partial charge in [-0.2, -0.15) is 0 Å². The molecule has 4 nitrogen and oxygen atoms in total. The van der Waals surface area contributed by atoms with Crippen molar-refractivity contribution in [3.8, 4) is 5.75 Å². The summed E-state index contributed by atoms with van der Waals surface area (Å²) in [6, 6.07) is 3.72. The molecule has 1 rings (SSSR count). The van der Waals surface area contributed by atoms with Crippen molar-refractivity contribution >= 4 is 5.97 Å². The Labute approximate surface area is 133 Å². The largest absolute Gasteiger partial charge is 0.507 e. The summed E-state index contributed by atoms with van der Waals surface area (Å²) in [6.07, 6.45) is -1.03. The molecule has 0 bridgehead atoms. The first-order valence-electron chi connectivity index (χ1n) is 7.50. The van der Waals surface area contributed by atoms with Crippen molar-refractivity contribution in [1.82, 2.24) is 0 Å². The number of ether oxygens (including phenoxy) is 1. The number of phenols is 1. The Morgan fingerprint density at radius 2 is 1.50 bits per heavy atom. The lowest BCUT2D eigenvalue weighted by Crippen LogP contribution is -2.25. The molecule has 0 aliphatic rings. The van der Waals surface area contributed by atoms with Crippen LogP contribution >= 0.6 is 0 Å². The molecule has 22 heavy (non-hydrogen) atoms. The van der Waals surface area contributed by atoms with Crippen LogP contribution < -0.4 is 0 Å². The molecular weight excluding hydrogens is 280 g/mol. The van der Waals surface area contributed by atoms with Crippen LogP contribution in [0.5, 0.6) is 5.75 Å². The molecule has 1 unspecified atom stereocenters. The third kappa shape index (κ3) is 4.23. The first-order valence-corrected chi connectivity index (χ1v) is 7.50. The number of hydrogen-bond donors (Lipinski definition) is 2. The number of benzene rings is 1. The summed E-state index contributed by atoms with van der Waals surface area (Å²) in [4.78, 5) is 11.4. The van der Waals surface area contributed by atoms with E-state index < -0.39 is 12.1 Å². The lowest BCUT2D eigenvalue weighted by Gasteiger charge is -2.28. The number of esters is 1. The van der Waals surface area contributed by atoms with Gasteiger partial charge in [0.2, 0.25) is 0 Å². The van der Waals surface area contributed by atoms with E-state index in [0.717, 1.165) is 16.7 Å². The summed E-state index contributed by atoms with van der Waals surface area (Å²) in [5.74, 6) is -0.362. The van der Waals surface area contributed by atoms with E-state index in [4.69, 9.17) is 0 Å². The molecule has 1 aromatic carbocycles. The van der Waals surface area contributed by atoms with Gasteiger partial charge in [-0.1, -0.05) is 53.7 Å². The van der Waals surface area contributed by atoms with E-state index in [0.29, 0.717) is 0 Å². The maximum Gasteiger partial charge on any atom is 0.335 e. The van der Waals surface area contributed by atoms with Gasteiger partial charge in [-0.25, -0.2) is 4.79 Å². The van der Waals surface area contributed by atoms with Gasteiger partial charge in [-0.3, -0.25) is 0 Å². The van der Waals surface area contributed by atoms with E-state index in [1.165, 1.54) is 7.11 Å². The molecule has 0 heterocycles. The molecule has 4 heteroatoms. The minimum atomic E-state index is -1.20. The third-order valence-electron chi connectivity index (χ3n) is 3.69. The predicted molar refractivity (Wildman–Crippen MR) is 87.2 cm³/mol. The standard InChI is InChI=1S/C18H28O4/c1-17(2,3)12-8-11(10-14(19)16(21)22-7)9-13(15(12)20)18(4,5)6/h8-9,14,19-20H,10H2,1-7H3. The summed E-state index contributed by atoms with van der Waals surface area (Å²) in [5, 5.41) is 20.5. The fourth-order valence-corrected chi connectivity index (χ4v) is 2.40. The normalized spacial score (nSPS) is 13.8. The van der Waals surface area contributed by atoms with E-state index >= 15 is 0 Å². The van der Waals surface area contributed by atoms with Gasteiger partial charge in [0.05, 0.1) is 7.11 Å². The van der Waals surface area contributed by atoms with Crippen LogP contribution in [0.2, 0.25) is 0 Å². The number of carbonyl (C=O) groups excluding carboxylic acids is 1. The van der Waals surface area contributed by atoms with Gasteiger partial charge >= 0.3 is 5.97 Å².